The van der Waals surface area contributed by atoms with E-state index in [9.17, 15) is 0 Å². The third-order valence-corrected chi connectivity index (χ3v) is 4.21. The van der Waals surface area contributed by atoms with Gasteiger partial charge in [0.25, 0.3) is 0 Å². The minimum Gasteiger partial charge on any atom is -0.319 e. The molecule has 0 spiro atoms. The molecule has 1 heterocycles. The highest BCUT2D eigenvalue weighted by Gasteiger charge is 2.34. The average molecular weight is 210 g/mol. The lowest BCUT2D eigenvalue weighted by molar-refractivity contribution is 0.0975. The van der Waals surface area contributed by atoms with Gasteiger partial charge in [-0.2, -0.15) is 0 Å². The van der Waals surface area contributed by atoms with Crippen molar-refractivity contribution in [1.29, 1.82) is 0 Å². The molecule has 15 heavy (non-hydrogen) atoms. The van der Waals surface area contributed by atoms with Crippen LogP contribution in [0.3, 0.4) is 0 Å². The molecule has 2 heteroatoms. The summed E-state index contributed by atoms with van der Waals surface area (Å²) in [6.45, 7) is 6.19. The van der Waals surface area contributed by atoms with Crippen molar-refractivity contribution in [1.82, 2.24) is 10.2 Å². The summed E-state index contributed by atoms with van der Waals surface area (Å²) >= 11 is 0. The number of nitrogens with zero attached hydrogens (tertiary/aromatic N) is 1. The van der Waals surface area contributed by atoms with E-state index >= 15 is 0 Å². The molecule has 1 saturated heterocycles. The van der Waals surface area contributed by atoms with Gasteiger partial charge in [0.1, 0.15) is 0 Å². The summed E-state index contributed by atoms with van der Waals surface area (Å²) in [5.74, 6) is 1.84. The van der Waals surface area contributed by atoms with Crippen LogP contribution in [0.2, 0.25) is 0 Å². The van der Waals surface area contributed by atoms with Crippen LogP contribution in [0.15, 0.2) is 0 Å². The summed E-state index contributed by atoms with van der Waals surface area (Å²) in [6.07, 6.45) is 7.39. The maximum atomic E-state index is 3.29. The monoisotopic (exact) mass is 210 g/mol. The Labute approximate surface area is 94.4 Å². The SMILES string of the molecule is CNCC(C)CN1CCCC2CCCC21. The Kier molecular flexibility index (Phi) is 4.04. The fourth-order valence-electron chi connectivity index (χ4n) is 3.60. The molecular formula is C13H26N2. The first kappa shape index (κ1) is 11.4. The molecule has 0 aromatic carbocycles. The van der Waals surface area contributed by atoms with Gasteiger partial charge >= 0.3 is 0 Å². The first-order chi connectivity index (χ1) is 7.31. The van der Waals surface area contributed by atoms with Crippen LogP contribution in [0.5, 0.6) is 0 Å². The van der Waals surface area contributed by atoms with E-state index in [2.05, 4.69) is 24.2 Å². The van der Waals surface area contributed by atoms with Crippen molar-refractivity contribution in [2.75, 3.05) is 26.7 Å². The molecule has 0 aromatic heterocycles. The zero-order valence-electron chi connectivity index (χ0n) is 10.3. The third kappa shape index (κ3) is 2.73. The Bertz CT molecular complexity index is 193. The normalized spacial score (nSPS) is 34.0. The third-order valence-electron chi connectivity index (χ3n) is 4.21. The molecule has 88 valence electrons. The van der Waals surface area contributed by atoms with Crippen molar-refractivity contribution in [3.8, 4) is 0 Å². The van der Waals surface area contributed by atoms with E-state index in [4.69, 9.17) is 0 Å². The Morgan fingerprint density at radius 3 is 2.87 bits per heavy atom. The molecule has 2 rings (SSSR count). The molecule has 2 nitrogen and oxygen atoms in total. The number of rotatable bonds is 4. The maximum Gasteiger partial charge on any atom is 0.0124 e. The van der Waals surface area contributed by atoms with Crippen molar-refractivity contribution in [3.05, 3.63) is 0 Å². The fourth-order valence-corrected chi connectivity index (χ4v) is 3.60. The lowest BCUT2D eigenvalue weighted by atomic mass is 9.91. The van der Waals surface area contributed by atoms with E-state index in [0.717, 1.165) is 24.4 Å². The lowest BCUT2D eigenvalue weighted by Crippen LogP contribution is -2.45. The van der Waals surface area contributed by atoms with Gasteiger partial charge in [0.15, 0.2) is 0 Å². The topological polar surface area (TPSA) is 15.3 Å². The van der Waals surface area contributed by atoms with Gasteiger partial charge in [0.2, 0.25) is 0 Å². The summed E-state index contributed by atoms with van der Waals surface area (Å²) in [5.41, 5.74) is 0. The summed E-state index contributed by atoms with van der Waals surface area (Å²) in [5, 5.41) is 3.29. The molecule has 0 radical (unpaired) electrons. The van der Waals surface area contributed by atoms with Crippen molar-refractivity contribution in [2.45, 2.75) is 45.1 Å². The number of hydrogen-bond donors (Lipinski definition) is 1. The molecule has 2 fully saturated rings. The molecule has 1 aliphatic carbocycles. The second kappa shape index (κ2) is 5.31. The van der Waals surface area contributed by atoms with E-state index < -0.39 is 0 Å². The van der Waals surface area contributed by atoms with E-state index in [1.807, 2.05) is 0 Å². The first-order valence-corrected chi connectivity index (χ1v) is 6.70. The minimum atomic E-state index is 0.800. The Morgan fingerprint density at radius 1 is 1.27 bits per heavy atom. The molecule has 3 unspecified atom stereocenters. The van der Waals surface area contributed by atoms with E-state index in [1.54, 1.807) is 0 Å². The van der Waals surface area contributed by atoms with Crippen molar-refractivity contribution < 1.29 is 0 Å². The van der Waals surface area contributed by atoms with Gasteiger partial charge in [-0.15, -0.1) is 0 Å². The van der Waals surface area contributed by atoms with Gasteiger partial charge in [0.05, 0.1) is 0 Å². The molecule has 1 N–H and O–H groups in total. The first-order valence-electron chi connectivity index (χ1n) is 6.70. The summed E-state index contributed by atoms with van der Waals surface area (Å²) in [6, 6.07) is 0.943. The molecule has 3 atom stereocenters. The number of nitrogens with one attached hydrogen (secondary N) is 1. The molecule has 1 saturated carbocycles. The van der Waals surface area contributed by atoms with Crippen LogP contribution < -0.4 is 5.32 Å². The van der Waals surface area contributed by atoms with E-state index in [1.165, 1.54) is 45.2 Å². The second-order valence-corrected chi connectivity index (χ2v) is 5.56. The maximum absolute atomic E-state index is 3.29. The Morgan fingerprint density at radius 2 is 2.07 bits per heavy atom. The number of piperidine rings is 1. The van der Waals surface area contributed by atoms with Crippen LogP contribution in [0.4, 0.5) is 0 Å². The summed E-state index contributed by atoms with van der Waals surface area (Å²) in [7, 11) is 2.06. The summed E-state index contributed by atoms with van der Waals surface area (Å²) in [4.78, 5) is 2.78. The molecule has 0 bridgehead atoms. The second-order valence-electron chi connectivity index (χ2n) is 5.56. The number of hydrogen-bond acceptors (Lipinski definition) is 2. The highest BCUT2D eigenvalue weighted by molar-refractivity contribution is 4.89. The summed E-state index contributed by atoms with van der Waals surface area (Å²) < 4.78 is 0. The standard InChI is InChI=1S/C13H26N2/c1-11(9-14-2)10-15-8-4-6-12-5-3-7-13(12)15/h11-14H,3-10H2,1-2H3. The van der Waals surface area contributed by atoms with E-state index in [0.29, 0.717) is 0 Å². The zero-order chi connectivity index (χ0) is 10.7. The smallest absolute Gasteiger partial charge is 0.0124 e. The van der Waals surface area contributed by atoms with Crippen LogP contribution in [0.1, 0.15) is 39.0 Å². The van der Waals surface area contributed by atoms with Gasteiger partial charge in [-0.3, -0.25) is 4.90 Å². The molecule has 1 aliphatic heterocycles. The van der Waals surface area contributed by atoms with Gasteiger partial charge in [-0.05, 0) is 57.7 Å². The highest BCUT2D eigenvalue weighted by Crippen LogP contribution is 2.36. The molecule has 0 aromatic rings. The highest BCUT2D eigenvalue weighted by atomic mass is 15.2. The number of likely N-dealkylation sites (tertiary alicyclic amines) is 1. The lowest BCUT2D eigenvalue weighted by Gasteiger charge is -2.39. The molecule has 0 amide bonds. The zero-order valence-corrected chi connectivity index (χ0v) is 10.3. The predicted molar refractivity (Wildman–Crippen MR) is 65.0 cm³/mol. The van der Waals surface area contributed by atoms with Gasteiger partial charge in [-0.25, -0.2) is 0 Å². The van der Waals surface area contributed by atoms with Crippen molar-refractivity contribution >= 4 is 0 Å². The quantitative estimate of drug-likeness (QED) is 0.764. The van der Waals surface area contributed by atoms with Gasteiger partial charge in [-0.1, -0.05) is 13.3 Å². The van der Waals surface area contributed by atoms with Crippen LogP contribution in [0, 0.1) is 11.8 Å². The van der Waals surface area contributed by atoms with Gasteiger partial charge < -0.3 is 5.32 Å². The fraction of sp³-hybridized carbons (Fsp3) is 1.00. The van der Waals surface area contributed by atoms with Gasteiger partial charge in [0, 0.05) is 12.6 Å². The molecule has 2 aliphatic rings. The molecular weight excluding hydrogens is 184 g/mol. The average Bonchev–Trinajstić information content (AvgIpc) is 2.67. The van der Waals surface area contributed by atoms with Crippen molar-refractivity contribution in [3.63, 3.8) is 0 Å². The number of fused-ring (bicyclic) bond motifs is 1. The minimum absolute atomic E-state index is 0.800. The Hall–Kier alpha value is -0.0800. The van der Waals surface area contributed by atoms with E-state index in [-0.39, 0.29) is 0 Å². The van der Waals surface area contributed by atoms with Crippen LogP contribution in [-0.4, -0.2) is 37.6 Å². The predicted octanol–water partition coefficient (Wildman–Crippen LogP) is 2.11. The van der Waals surface area contributed by atoms with Crippen LogP contribution >= 0.6 is 0 Å². The largest absolute Gasteiger partial charge is 0.319 e. The van der Waals surface area contributed by atoms with Crippen molar-refractivity contribution in [2.24, 2.45) is 11.8 Å². The van der Waals surface area contributed by atoms with Crippen LogP contribution in [-0.2, 0) is 0 Å². The van der Waals surface area contributed by atoms with Crippen LogP contribution in [0.25, 0.3) is 0 Å². The Balaban J connectivity index is 1.84.